The van der Waals surface area contributed by atoms with Crippen LogP contribution in [0.3, 0.4) is 0 Å². The molecule has 21 heavy (non-hydrogen) atoms. The van der Waals surface area contributed by atoms with Crippen molar-refractivity contribution in [3.8, 4) is 0 Å². The third-order valence-electron chi connectivity index (χ3n) is 2.45. The molecule has 1 aromatic rings. The van der Waals surface area contributed by atoms with Gasteiger partial charge in [-0.1, -0.05) is 18.2 Å². The van der Waals surface area contributed by atoms with E-state index >= 15 is 0 Å². The van der Waals surface area contributed by atoms with Crippen molar-refractivity contribution >= 4 is 17.7 Å². The normalized spacial score (nSPS) is 12.4. The highest BCUT2D eigenvalue weighted by atomic mass is 16.6. The first kappa shape index (κ1) is 17.0. The van der Waals surface area contributed by atoms with Crippen LogP contribution in [0.4, 0.5) is 10.5 Å². The Hall–Kier alpha value is -2.08. The number of carbonyl (C=O) groups excluding carboxylic acids is 2. The molecule has 0 aliphatic carbocycles. The molecule has 6 heteroatoms. The van der Waals surface area contributed by atoms with Gasteiger partial charge in [-0.25, -0.2) is 4.79 Å². The number of aliphatic hydroxyl groups excluding tert-OH is 1. The number of anilines is 1. The van der Waals surface area contributed by atoms with Crippen LogP contribution in [-0.2, 0) is 9.53 Å². The Morgan fingerprint density at radius 1 is 1.24 bits per heavy atom. The van der Waals surface area contributed by atoms with E-state index in [1.165, 1.54) is 0 Å². The average Bonchev–Trinajstić information content (AvgIpc) is 2.37. The summed E-state index contributed by atoms with van der Waals surface area (Å²) in [5.41, 5.74) is 0.141. The second-order valence-electron chi connectivity index (χ2n) is 5.64. The molecule has 0 saturated carbocycles. The van der Waals surface area contributed by atoms with Gasteiger partial charge in [-0.2, -0.15) is 0 Å². The molecule has 116 valence electrons. The summed E-state index contributed by atoms with van der Waals surface area (Å²) in [5, 5.41) is 14.2. The van der Waals surface area contributed by atoms with E-state index in [1.54, 1.807) is 45.0 Å². The molecule has 3 N–H and O–H groups in total. The molecule has 1 aromatic carbocycles. The number of aliphatic hydroxyl groups is 1. The van der Waals surface area contributed by atoms with Gasteiger partial charge in [-0.05, 0) is 32.9 Å². The summed E-state index contributed by atoms with van der Waals surface area (Å²) in [6.07, 6.45) is -1.70. The minimum atomic E-state index is -1.04. The second-order valence-corrected chi connectivity index (χ2v) is 5.64. The maximum atomic E-state index is 12.1. The van der Waals surface area contributed by atoms with Gasteiger partial charge in [0.15, 0.2) is 6.10 Å². The molecule has 2 amide bonds. The zero-order valence-corrected chi connectivity index (χ0v) is 12.6. The van der Waals surface area contributed by atoms with Gasteiger partial charge in [0.05, 0.1) is 0 Å². The summed E-state index contributed by atoms with van der Waals surface area (Å²) in [6, 6.07) is 8.84. The van der Waals surface area contributed by atoms with Gasteiger partial charge < -0.3 is 20.5 Å². The molecule has 0 aliphatic heterocycles. The Labute approximate surface area is 124 Å². The lowest BCUT2D eigenvalue weighted by atomic mass is 10.1. The molecule has 6 nitrogen and oxygen atoms in total. The van der Waals surface area contributed by atoms with Crippen LogP contribution in [0.5, 0.6) is 0 Å². The number of ether oxygens (including phenoxy) is 1. The summed E-state index contributed by atoms with van der Waals surface area (Å²) in [5.74, 6) is -0.473. The molecule has 1 unspecified atom stereocenters. The van der Waals surface area contributed by atoms with Gasteiger partial charge in [0.2, 0.25) is 0 Å². The fourth-order valence-electron chi connectivity index (χ4n) is 1.57. The van der Waals surface area contributed by atoms with E-state index in [-0.39, 0.29) is 13.0 Å². The minimum Gasteiger partial charge on any atom is -0.436 e. The van der Waals surface area contributed by atoms with Crippen molar-refractivity contribution in [2.75, 3.05) is 11.9 Å². The van der Waals surface area contributed by atoms with Gasteiger partial charge in [-0.15, -0.1) is 0 Å². The van der Waals surface area contributed by atoms with Crippen LogP contribution >= 0.6 is 0 Å². The largest absolute Gasteiger partial charge is 0.436 e. The Kier molecular flexibility index (Phi) is 6.17. The van der Waals surface area contributed by atoms with Gasteiger partial charge in [0.25, 0.3) is 5.91 Å². The first-order chi connectivity index (χ1) is 9.81. The fraction of sp³-hybridized carbons (Fsp3) is 0.467. The van der Waals surface area contributed by atoms with Crippen LogP contribution < -0.4 is 10.6 Å². The minimum absolute atomic E-state index is 0.0379. The van der Waals surface area contributed by atoms with Crippen molar-refractivity contribution in [1.29, 1.82) is 0 Å². The SMILES string of the molecule is CC(C)(C)NC(=O)OC(CCO)C(=O)Nc1ccccc1. The lowest BCUT2D eigenvalue weighted by molar-refractivity contribution is -0.125. The molecular formula is C15H22N2O4. The monoisotopic (exact) mass is 294 g/mol. The molecular weight excluding hydrogens is 272 g/mol. The molecule has 1 rings (SSSR count). The van der Waals surface area contributed by atoms with E-state index in [0.29, 0.717) is 5.69 Å². The van der Waals surface area contributed by atoms with Crippen molar-refractivity contribution in [2.45, 2.75) is 38.8 Å². The molecule has 0 aliphatic rings. The number of benzene rings is 1. The molecule has 0 spiro atoms. The highest BCUT2D eigenvalue weighted by Crippen LogP contribution is 2.09. The lowest BCUT2D eigenvalue weighted by Gasteiger charge is -2.23. The van der Waals surface area contributed by atoms with Crippen molar-refractivity contribution in [2.24, 2.45) is 0 Å². The highest BCUT2D eigenvalue weighted by Gasteiger charge is 2.24. The van der Waals surface area contributed by atoms with Crippen LogP contribution in [0.1, 0.15) is 27.2 Å². The molecule has 0 bridgehead atoms. The Balaban J connectivity index is 2.63. The van der Waals surface area contributed by atoms with E-state index in [9.17, 15) is 9.59 Å². The quantitative estimate of drug-likeness (QED) is 0.774. The molecule has 0 fully saturated rings. The standard InChI is InChI=1S/C15H22N2O4/c1-15(2,3)17-14(20)21-12(9-10-18)13(19)16-11-7-5-4-6-8-11/h4-8,12,18H,9-10H2,1-3H3,(H,16,19)(H,17,20). The number of hydrogen-bond acceptors (Lipinski definition) is 4. The van der Waals surface area contributed by atoms with Crippen molar-refractivity contribution in [1.82, 2.24) is 5.32 Å². The van der Waals surface area contributed by atoms with E-state index in [0.717, 1.165) is 0 Å². The first-order valence-corrected chi connectivity index (χ1v) is 6.77. The zero-order chi connectivity index (χ0) is 15.9. The van der Waals surface area contributed by atoms with Crippen LogP contribution in [-0.4, -0.2) is 35.4 Å². The van der Waals surface area contributed by atoms with E-state index in [2.05, 4.69) is 10.6 Å². The first-order valence-electron chi connectivity index (χ1n) is 6.77. The lowest BCUT2D eigenvalue weighted by Crippen LogP contribution is -2.44. The maximum Gasteiger partial charge on any atom is 0.408 e. The van der Waals surface area contributed by atoms with Gasteiger partial charge >= 0.3 is 6.09 Å². The number of rotatable bonds is 5. The molecule has 0 heterocycles. The van der Waals surface area contributed by atoms with Crippen LogP contribution in [0.2, 0.25) is 0 Å². The molecule has 1 atom stereocenters. The van der Waals surface area contributed by atoms with Crippen molar-refractivity contribution in [3.05, 3.63) is 30.3 Å². The summed E-state index contributed by atoms with van der Waals surface area (Å²) in [6.45, 7) is 5.16. The zero-order valence-electron chi connectivity index (χ0n) is 12.6. The Morgan fingerprint density at radius 3 is 2.38 bits per heavy atom. The summed E-state index contributed by atoms with van der Waals surface area (Å²) < 4.78 is 5.08. The number of nitrogens with one attached hydrogen (secondary N) is 2. The molecule has 0 aromatic heterocycles. The molecule has 0 saturated heterocycles. The van der Waals surface area contributed by atoms with Crippen LogP contribution in [0, 0.1) is 0 Å². The Bertz CT molecular complexity index is 468. The third kappa shape index (κ3) is 6.76. The third-order valence-corrected chi connectivity index (χ3v) is 2.45. The van der Waals surface area contributed by atoms with Crippen molar-refractivity contribution < 1.29 is 19.4 Å². The summed E-state index contributed by atoms with van der Waals surface area (Å²) in [7, 11) is 0. The summed E-state index contributed by atoms with van der Waals surface area (Å²) >= 11 is 0. The second kappa shape index (κ2) is 7.64. The van der Waals surface area contributed by atoms with Gasteiger partial charge in [-0.3, -0.25) is 4.79 Å². The number of carbonyl (C=O) groups is 2. The predicted molar refractivity (Wildman–Crippen MR) is 79.9 cm³/mol. The van der Waals surface area contributed by atoms with E-state index in [1.807, 2.05) is 6.07 Å². The summed E-state index contributed by atoms with van der Waals surface area (Å²) in [4.78, 5) is 23.8. The number of para-hydroxylation sites is 1. The smallest absolute Gasteiger partial charge is 0.408 e. The highest BCUT2D eigenvalue weighted by molar-refractivity contribution is 5.95. The van der Waals surface area contributed by atoms with Crippen molar-refractivity contribution in [3.63, 3.8) is 0 Å². The Morgan fingerprint density at radius 2 is 1.86 bits per heavy atom. The number of alkyl carbamates (subject to hydrolysis) is 1. The van der Waals surface area contributed by atoms with E-state index < -0.39 is 23.6 Å². The van der Waals surface area contributed by atoms with Crippen LogP contribution in [0.25, 0.3) is 0 Å². The topological polar surface area (TPSA) is 87.7 Å². The predicted octanol–water partition coefficient (Wildman–Crippen LogP) is 1.90. The van der Waals surface area contributed by atoms with Gasteiger partial charge in [0.1, 0.15) is 0 Å². The average molecular weight is 294 g/mol. The van der Waals surface area contributed by atoms with E-state index in [4.69, 9.17) is 9.84 Å². The fourth-order valence-corrected chi connectivity index (χ4v) is 1.57. The number of hydrogen-bond donors (Lipinski definition) is 3. The number of amides is 2. The molecule has 0 radical (unpaired) electrons. The van der Waals surface area contributed by atoms with Gasteiger partial charge in [0, 0.05) is 24.3 Å². The maximum absolute atomic E-state index is 12.1. The van der Waals surface area contributed by atoms with Crippen LogP contribution in [0.15, 0.2) is 30.3 Å².